The molecule has 0 aromatic carbocycles. The molecule has 1 aliphatic heterocycles. The van der Waals surface area contributed by atoms with E-state index >= 15 is 0 Å². The summed E-state index contributed by atoms with van der Waals surface area (Å²) in [6.45, 7) is 11.5. The first-order chi connectivity index (χ1) is 6.63. The summed E-state index contributed by atoms with van der Waals surface area (Å²) in [4.78, 5) is 2.25. The molecule has 0 bridgehead atoms. The molecule has 1 unspecified atom stereocenters. The van der Waals surface area contributed by atoms with Gasteiger partial charge in [-0.2, -0.15) is 0 Å². The van der Waals surface area contributed by atoms with Gasteiger partial charge in [-0.3, -0.25) is 5.32 Å². The Balaban J connectivity index is 2.39. The average molecular weight is 196 g/mol. The smallest absolute Gasteiger partial charge is 0.124 e. The number of aliphatic hydroxyl groups excluding tert-OH is 1. The minimum atomic E-state index is -0.593. The van der Waals surface area contributed by atoms with Crippen LogP contribution in [0, 0.1) is 0 Å². The molecule has 0 spiro atoms. The van der Waals surface area contributed by atoms with E-state index in [9.17, 15) is 5.11 Å². The van der Waals surface area contributed by atoms with Gasteiger partial charge in [0, 0.05) is 24.8 Å². The molecule has 0 amide bonds. The summed E-state index contributed by atoms with van der Waals surface area (Å²) in [6, 6.07) is 0.341. The van der Waals surface area contributed by atoms with Crippen LogP contribution in [0.1, 0.15) is 19.8 Å². The van der Waals surface area contributed by atoms with Crippen LogP contribution in [-0.2, 0) is 0 Å². The Hall–Kier alpha value is -0.800. The maximum Gasteiger partial charge on any atom is 0.124 e. The third-order valence-corrected chi connectivity index (χ3v) is 2.59. The molecular weight excluding hydrogens is 176 g/mol. The van der Waals surface area contributed by atoms with Gasteiger partial charge in [0.1, 0.15) is 6.23 Å². The van der Waals surface area contributed by atoms with E-state index in [0.29, 0.717) is 6.04 Å². The van der Waals surface area contributed by atoms with Crippen LogP contribution in [0.4, 0.5) is 0 Å². The molecule has 3 heteroatoms. The molecule has 0 aliphatic carbocycles. The maximum atomic E-state index is 9.36. The second-order valence-electron chi connectivity index (χ2n) is 3.87. The lowest BCUT2D eigenvalue weighted by atomic mass is 10.1. The van der Waals surface area contributed by atoms with Crippen LogP contribution < -0.4 is 5.32 Å². The summed E-state index contributed by atoms with van der Waals surface area (Å²) in [6.07, 6.45) is 3.17. The van der Waals surface area contributed by atoms with E-state index < -0.39 is 6.23 Å². The van der Waals surface area contributed by atoms with Crippen LogP contribution in [0.3, 0.4) is 0 Å². The lowest BCUT2D eigenvalue weighted by Gasteiger charge is -2.35. The van der Waals surface area contributed by atoms with E-state index in [1.54, 1.807) is 0 Å². The Kier molecular flexibility index (Phi) is 4.17. The van der Waals surface area contributed by atoms with Crippen molar-refractivity contribution in [2.75, 3.05) is 13.1 Å². The molecule has 0 aromatic heterocycles. The molecule has 14 heavy (non-hydrogen) atoms. The van der Waals surface area contributed by atoms with E-state index in [2.05, 4.69) is 23.4 Å². The quantitative estimate of drug-likeness (QED) is 0.521. The fourth-order valence-corrected chi connectivity index (χ4v) is 1.77. The number of piperidine rings is 1. The Labute approximate surface area is 86.1 Å². The van der Waals surface area contributed by atoms with Gasteiger partial charge in [-0.1, -0.05) is 13.2 Å². The summed E-state index contributed by atoms with van der Waals surface area (Å²) in [7, 11) is 0. The van der Waals surface area contributed by atoms with Gasteiger partial charge < -0.3 is 10.0 Å². The zero-order valence-electron chi connectivity index (χ0n) is 8.87. The van der Waals surface area contributed by atoms with Crippen molar-refractivity contribution in [3.05, 3.63) is 24.9 Å². The molecule has 0 saturated carbocycles. The molecule has 2 N–H and O–H groups in total. The van der Waals surface area contributed by atoms with Crippen LogP contribution in [0.15, 0.2) is 24.9 Å². The Bertz CT molecular complexity index is 215. The number of hydrogen-bond acceptors (Lipinski definition) is 3. The van der Waals surface area contributed by atoms with Gasteiger partial charge in [-0.05, 0) is 25.8 Å². The molecule has 1 rings (SSSR count). The summed E-state index contributed by atoms with van der Waals surface area (Å²) < 4.78 is 0. The van der Waals surface area contributed by atoms with Crippen molar-refractivity contribution in [2.24, 2.45) is 0 Å². The molecule has 1 heterocycles. The van der Waals surface area contributed by atoms with Crippen molar-refractivity contribution < 1.29 is 5.11 Å². The van der Waals surface area contributed by atoms with E-state index in [-0.39, 0.29) is 0 Å². The van der Waals surface area contributed by atoms with Crippen LogP contribution in [0.25, 0.3) is 0 Å². The van der Waals surface area contributed by atoms with Crippen molar-refractivity contribution in [3.63, 3.8) is 0 Å². The molecule has 1 fully saturated rings. The Morgan fingerprint density at radius 1 is 1.71 bits per heavy atom. The molecule has 3 nitrogen and oxygen atoms in total. The summed E-state index contributed by atoms with van der Waals surface area (Å²) in [5.41, 5.74) is 1.10. The average Bonchev–Trinajstić information content (AvgIpc) is 2.18. The highest BCUT2D eigenvalue weighted by Gasteiger charge is 2.20. The molecule has 1 aliphatic rings. The molecule has 0 radical (unpaired) electrons. The number of likely N-dealkylation sites (tertiary alicyclic amines) is 1. The largest absolute Gasteiger partial charge is 0.375 e. The van der Waals surface area contributed by atoms with Crippen molar-refractivity contribution in [3.8, 4) is 0 Å². The summed E-state index contributed by atoms with van der Waals surface area (Å²) in [5, 5.41) is 12.5. The van der Waals surface area contributed by atoms with Gasteiger partial charge in [0.05, 0.1) is 0 Å². The number of rotatable bonds is 4. The molecule has 1 saturated heterocycles. The van der Waals surface area contributed by atoms with Crippen molar-refractivity contribution in [1.82, 2.24) is 10.2 Å². The topological polar surface area (TPSA) is 35.5 Å². The second kappa shape index (κ2) is 5.17. The van der Waals surface area contributed by atoms with Gasteiger partial charge in [-0.25, -0.2) is 0 Å². The van der Waals surface area contributed by atoms with Gasteiger partial charge in [0.25, 0.3) is 0 Å². The SMILES string of the molecule is C=CC(O)N[C@H]1CCCN(C(=C)C)C1. The number of nitrogens with one attached hydrogen (secondary N) is 1. The Morgan fingerprint density at radius 3 is 3.00 bits per heavy atom. The highest BCUT2D eigenvalue weighted by atomic mass is 16.3. The normalized spacial score (nSPS) is 24.4. The highest BCUT2D eigenvalue weighted by Crippen LogP contribution is 2.14. The van der Waals surface area contributed by atoms with Gasteiger partial charge in [-0.15, -0.1) is 0 Å². The van der Waals surface area contributed by atoms with Gasteiger partial charge in [0.2, 0.25) is 0 Å². The van der Waals surface area contributed by atoms with Crippen LogP contribution in [0.2, 0.25) is 0 Å². The predicted octanol–water partition coefficient (Wildman–Crippen LogP) is 1.08. The zero-order valence-corrected chi connectivity index (χ0v) is 8.87. The minimum Gasteiger partial charge on any atom is -0.375 e. The summed E-state index contributed by atoms with van der Waals surface area (Å²) in [5.74, 6) is 0. The fraction of sp³-hybridized carbons (Fsp3) is 0.636. The van der Waals surface area contributed by atoms with Crippen LogP contribution >= 0.6 is 0 Å². The number of nitrogens with zero attached hydrogens (tertiary/aromatic N) is 1. The molecule has 0 aromatic rings. The van der Waals surface area contributed by atoms with Crippen molar-refractivity contribution >= 4 is 0 Å². The van der Waals surface area contributed by atoms with E-state index in [0.717, 1.165) is 31.6 Å². The first-order valence-corrected chi connectivity index (χ1v) is 5.10. The number of aliphatic hydroxyl groups is 1. The van der Waals surface area contributed by atoms with Gasteiger partial charge >= 0.3 is 0 Å². The first-order valence-electron chi connectivity index (χ1n) is 5.10. The van der Waals surface area contributed by atoms with Crippen molar-refractivity contribution in [1.29, 1.82) is 0 Å². The standard InChI is InChI=1S/C11H20N2O/c1-4-11(14)12-10-6-5-7-13(8-10)9(2)3/h4,10-12,14H,1-2,5-8H2,3H3/t10-,11?/m0/s1. The zero-order chi connectivity index (χ0) is 10.6. The van der Waals surface area contributed by atoms with E-state index in [1.165, 1.54) is 6.08 Å². The van der Waals surface area contributed by atoms with Gasteiger partial charge in [0.15, 0.2) is 0 Å². The van der Waals surface area contributed by atoms with E-state index in [1.807, 2.05) is 6.92 Å². The van der Waals surface area contributed by atoms with Crippen LogP contribution in [-0.4, -0.2) is 35.4 Å². The molecule has 2 atom stereocenters. The monoisotopic (exact) mass is 196 g/mol. The fourth-order valence-electron chi connectivity index (χ4n) is 1.77. The van der Waals surface area contributed by atoms with E-state index in [4.69, 9.17) is 0 Å². The van der Waals surface area contributed by atoms with Crippen LogP contribution in [0.5, 0.6) is 0 Å². The maximum absolute atomic E-state index is 9.36. The number of hydrogen-bond donors (Lipinski definition) is 2. The second-order valence-corrected chi connectivity index (χ2v) is 3.87. The highest BCUT2D eigenvalue weighted by molar-refractivity contribution is 4.94. The first kappa shape index (κ1) is 11.3. The lowest BCUT2D eigenvalue weighted by Crippen LogP contribution is -2.47. The Morgan fingerprint density at radius 2 is 2.43 bits per heavy atom. The van der Waals surface area contributed by atoms with Crippen molar-refractivity contribution in [2.45, 2.75) is 32.0 Å². The predicted molar refractivity (Wildman–Crippen MR) is 58.7 cm³/mol. The number of allylic oxidation sites excluding steroid dienone is 1. The summed E-state index contributed by atoms with van der Waals surface area (Å²) >= 11 is 0. The minimum absolute atomic E-state index is 0.341. The third kappa shape index (κ3) is 3.16. The molecule has 80 valence electrons. The lowest BCUT2D eigenvalue weighted by molar-refractivity contribution is 0.137. The molecular formula is C11H20N2O. The third-order valence-electron chi connectivity index (χ3n) is 2.59.